The Hall–Kier alpha value is -1.81. The van der Waals surface area contributed by atoms with Crippen molar-refractivity contribution in [2.75, 3.05) is 19.8 Å². The van der Waals surface area contributed by atoms with E-state index in [2.05, 4.69) is 5.32 Å². The second-order valence-electron chi connectivity index (χ2n) is 6.14. The number of fused-ring (bicyclic) bond motifs is 1. The molecule has 0 radical (unpaired) electrons. The molecule has 1 saturated heterocycles. The number of aryl methyl sites for hydroxylation is 2. The van der Waals surface area contributed by atoms with Crippen molar-refractivity contribution in [3.8, 4) is 0 Å². The molecule has 2 aromatic rings. The second-order valence-corrected chi connectivity index (χ2v) is 6.14. The number of carbonyl (C=O) groups is 1. The highest BCUT2D eigenvalue weighted by molar-refractivity contribution is 5.99. The van der Waals surface area contributed by atoms with Gasteiger partial charge in [-0.1, -0.05) is 18.2 Å². The minimum atomic E-state index is -0.115. The van der Waals surface area contributed by atoms with Crippen molar-refractivity contribution in [2.45, 2.75) is 33.1 Å². The number of amides is 1. The van der Waals surface area contributed by atoms with E-state index >= 15 is 0 Å². The lowest BCUT2D eigenvalue weighted by molar-refractivity contribution is 0.0926. The summed E-state index contributed by atoms with van der Waals surface area (Å²) in [6.07, 6.45) is 3.24. The largest absolute Gasteiger partial charge is 0.450 e. The average molecular weight is 301 g/mol. The normalized spacial score (nSPS) is 18.0. The number of hydrogen-bond acceptors (Lipinski definition) is 3. The number of hydrogen-bond donors (Lipinski definition) is 1. The summed E-state index contributed by atoms with van der Waals surface area (Å²) in [7, 11) is 0. The first kappa shape index (κ1) is 15.1. The standard InChI is InChI=1S/C18H23NO3/c1-12-5-3-7-15-13(2)17(22-16(12)15)18(20)19-9-4-6-14-8-10-21-11-14/h3,5,7,14H,4,6,8-11H2,1-2H3,(H,19,20). The topological polar surface area (TPSA) is 51.5 Å². The molecule has 1 fully saturated rings. The van der Waals surface area contributed by atoms with Crippen molar-refractivity contribution < 1.29 is 13.9 Å². The summed E-state index contributed by atoms with van der Waals surface area (Å²) in [5.41, 5.74) is 2.79. The van der Waals surface area contributed by atoms with Crippen molar-refractivity contribution in [3.05, 3.63) is 35.1 Å². The molecule has 4 nitrogen and oxygen atoms in total. The summed E-state index contributed by atoms with van der Waals surface area (Å²) in [4.78, 5) is 12.3. The van der Waals surface area contributed by atoms with Crippen LogP contribution in [0, 0.1) is 19.8 Å². The molecule has 0 saturated carbocycles. The number of furan rings is 1. The molecule has 0 spiro atoms. The highest BCUT2D eigenvalue weighted by Crippen LogP contribution is 2.27. The Balaban J connectivity index is 1.60. The Labute approximate surface area is 130 Å². The lowest BCUT2D eigenvalue weighted by Gasteiger charge is -2.07. The minimum Gasteiger partial charge on any atom is -0.450 e. The summed E-state index contributed by atoms with van der Waals surface area (Å²) in [6.45, 7) is 6.38. The van der Waals surface area contributed by atoms with Gasteiger partial charge in [0.1, 0.15) is 5.58 Å². The van der Waals surface area contributed by atoms with Crippen molar-refractivity contribution >= 4 is 16.9 Å². The average Bonchev–Trinajstić information content (AvgIpc) is 3.13. The fourth-order valence-electron chi connectivity index (χ4n) is 3.08. The first-order valence-electron chi connectivity index (χ1n) is 8.01. The molecule has 1 aromatic heterocycles. The maximum absolute atomic E-state index is 12.3. The number of rotatable bonds is 5. The van der Waals surface area contributed by atoms with Crippen LogP contribution in [0.15, 0.2) is 22.6 Å². The second kappa shape index (κ2) is 6.53. The molecule has 0 aliphatic carbocycles. The first-order chi connectivity index (χ1) is 10.7. The van der Waals surface area contributed by atoms with Gasteiger partial charge in [-0.25, -0.2) is 0 Å². The Morgan fingerprint density at radius 3 is 2.95 bits per heavy atom. The quantitative estimate of drug-likeness (QED) is 0.859. The SMILES string of the molecule is Cc1c(C(=O)NCCCC2CCOC2)oc2c(C)cccc12. The summed E-state index contributed by atoms with van der Waals surface area (Å²) in [6, 6.07) is 5.99. The summed E-state index contributed by atoms with van der Waals surface area (Å²) < 4.78 is 11.2. The van der Waals surface area contributed by atoms with Crippen LogP contribution in [-0.2, 0) is 4.74 Å². The monoisotopic (exact) mass is 301 g/mol. The molecule has 22 heavy (non-hydrogen) atoms. The van der Waals surface area contributed by atoms with E-state index < -0.39 is 0 Å². The predicted octanol–water partition coefficient (Wildman–Crippen LogP) is 3.60. The van der Waals surface area contributed by atoms with Gasteiger partial charge in [-0.3, -0.25) is 4.79 Å². The summed E-state index contributed by atoms with van der Waals surface area (Å²) >= 11 is 0. The molecule has 1 aromatic carbocycles. The van der Waals surface area contributed by atoms with Crippen LogP contribution in [-0.4, -0.2) is 25.7 Å². The molecule has 2 heterocycles. The molecule has 1 N–H and O–H groups in total. The van der Waals surface area contributed by atoms with Gasteiger partial charge in [0.2, 0.25) is 0 Å². The van der Waals surface area contributed by atoms with E-state index in [0.717, 1.165) is 54.6 Å². The maximum atomic E-state index is 12.3. The molecule has 118 valence electrons. The third-order valence-corrected chi connectivity index (χ3v) is 4.47. The Bertz CT molecular complexity index is 668. The zero-order valence-electron chi connectivity index (χ0n) is 13.3. The molecular formula is C18H23NO3. The predicted molar refractivity (Wildman–Crippen MR) is 86.2 cm³/mol. The van der Waals surface area contributed by atoms with Gasteiger partial charge in [0, 0.05) is 30.7 Å². The van der Waals surface area contributed by atoms with Crippen molar-refractivity contribution in [3.63, 3.8) is 0 Å². The third-order valence-electron chi connectivity index (χ3n) is 4.47. The highest BCUT2D eigenvalue weighted by atomic mass is 16.5. The summed E-state index contributed by atoms with van der Waals surface area (Å²) in [5.74, 6) is 0.983. The van der Waals surface area contributed by atoms with Crippen LogP contribution in [0.5, 0.6) is 0 Å². The highest BCUT2D eigenvalue weighted by Gasteiger charge is 2.19. The zero-order chi connectivity index (χ0) is 15.5. The molecule has 1 aliphatic heterocycles. The van der Waals surface area contributed by atoms with Gasteiger partial charge in [-0.2, -0.15) is 0 Å². The number of ether oxygens (including phenoxy) is 1. The molecule has 0 bridgehead atoms. The van der Waals surface area contributed by atoms with Crippen molar-refractivity contribution in [2.24, 2.45) is 5.92 Å². The van der Waals surface area contributed by atoms with Crippen LogP contribution < -0.4 is 5.32 Å². The van der Waals surface area contributed by atoms with Gasteiger partial charge in [-0.05, 0) is 44.6 Å². The van der Waals surface area contributed by atoms with Gasteiger partial charge in [0.25, 0.3) is 5.91 Å². The van der Waals surface area contributed by atoms with E-state index in [1.807, 2.05) is 32.0 Å². The minimum absolute atomic E-state index is 0.115. The van der Waals surface area contributed by atoms with Gasteiger partial charge in [-0.15, -0.1) is 0 Å². The Kier molecular flexibility index (Phi) is 4.48. The smallest absolute Gasteiger partial charge is 0.287 e. The lowest BCUT2D eigenvalue weighted by atomic mass is 10.0. The van der Waals surface area contributed by atoms with Crippen molar-refractivity contribution in [1.29, 1.82) is 0 Å². The van der Waals surface area contributed by atoms with E-state index in [-0.39, 0.29) is 5.91 Å². The number of para-hydroxylation sites is 1. The first-order valence-corrected chi connectivity index (χ1v) is 8.01. The fraction of sp³-hybridized carbons (Fsp3) is 0.500. The summed E-state index contributed by atoms with van der Waals surface area (Å²) in [5, 5.41) is 3.99. The van der Waals surface area contributed by atoms with Crippen LogP contribution in [0.3, 0.4) is 0 Å². The molecule has 1 aliphatic rings. The van der Waals surface area contributed by atoms with Crippen molar-refractivity contribution in [1.82, 2.24) is 5.32 Å². The van der Waals surface area contributed by atoms with E-state index in [0.29, 0.717) is 18.2 Å². The van der Waals surface area contributed by atoms with E-state index in [4.69, 9.17) is 9.15 Å². The lowest BCUT2D eigenvalue weighted by Crippen LogP contribution is -2.25. The Morgan fingerprint density at radius 1 is 1.36 bits per heavy atom. The van der Waals surface area contributed by atoms with Gasteiger partial charge >= 0.3 is 0 Å². The molecule has 1 atom stereocenters. The van der Waals surface area contributed by atoms with Crippen LogP contribution >= 0.6 is 0 Å². The van der Waals surface area contributed by atoms with Gasteiger partial charge in [0.05, 0.1) is 0 Å². The molecule has 3 rings (SSSR count). The van der Waals surface area contributed by atoms with E-state index in [1.165, 1.54) is 0 Å². The van der Waals surface area contributed by atoms with E-state index in [1.54, 1.807) is 0 Å². The number of carbonyl (C=O) groups excluding carboxylic acids is 1. The molecule has 1 unspecified atom stereocenters. The van der Waals surface area contributed by atoms with Crippen LogP contribution in [0.1, 0.15) is 40.9 Å². The van der Waals surface area contributed by atoms with Crippen LogP contribution in [0.25, 0.3) is 11.0 Å². The fourth-order valence-corrected chi connectivity index (χ4v) is 3.08. The Morgan fingerprint density at radius 2 is 2.23 bits per heavy atom. The number of nitrogens with one attached hydrogen (secondary N) is 1. The molecular weight excluding hydrogens is 278 g/mol. The van der Waals surface area contributed by atoms with Crippen LogP contribution in [0.4, 0.5) is 0 Å². The van der Waals surface area contributed by atoms with Gasteiger partial charge < -0.3 is 14.5 Å². The van der Waals surface area contributed by atoms with Crippen LogP contribution in [0.2, 0.25) is 0 Å². The third kappa shape index (κ3) is 3.02. The zero-order valence-corrected chi connectivity index (χ0v) is 13.3. The molecule has 4 heteroatoms. The molecule has 1 amide bonds. The van der Waals surface area contributed by atoms with Gasteiger partial charge in [0.15, 0.2) is 5.76 Å². The number of benzene rings is 1. The maximum Gasteiger partial charge on any atom is 0.287 e. The van der Waals surface area contributed by atoms with E-state index in [9.17, 15) is 4.79 Å².